The first kappa shape index (κ1) is 11.8. The number of carbonyl (C=O) groups excluding carboxylic acids is 1. The molecular formula is C14H10ClFO. The van der Waals surface area contributed by atoms with E-state index in [1.165, 1.54) is 12.1 Å². The highest BCUT2D eigenvalue weighted by atomic mass is 35.5. The minimum atomic E-state index is -0.275. The van der Waals surface area contributed by atoms with E-state index in [9.17, 15) is 9.18 Å². The van der Waals surface area contributed by atoms with Gasteiger partial charge in [-0.2, -0.15) is 0 Å². The van der Waals surface area contributed by atoms with Crippen LogP contribution in [0.3, 0.4) is 0 Å². The molecule has 0 saturated carbocycles. The molecule has 0 spiro atoms. The monoisotopic (exact) mass is 248 g/mol. The Hall–Kier alpha value is -1.67. The van der Waals surface area contributed by atoms with Crippen molar-refractivity contribution in [3.8, 4) is 11.1 Å². The van der Waals surface area contributed by atoms with Crippen LogP contribution in [-0.4, -0.2) is 11.7 Å². The minimum Gasteiger partial charge on any atom is -0.293 e. The lowest BCUT2D eigenvalue weighted by Crippen LogP contribution is -1.99. The van der Waals surface area contributed by atoms with E-state index in [1.54, 1.807) is 30.3 Å². The zero-order valence-electron chi connectivity index (χ0n) is 8.99. The second-order valence-corrected chi connectivity index (χ2v) is 3.91. The first-order valence-corrected chi connectivity index (χ1v) is 5.69. The molecule has 0 bridgehead atoms. The van der Waals surface area contributed by atoms with Gasteiger partial charge in [-0.25, -0.2) is 4.39 Å². The van der Waals surface area contributed by atoms with Crippen LogP contribution in [0.5, 0.6) is 0 Å². The zero-order chi connectivity index (χ0) is 12.3. The van der Waals surface area contributed by atoms with E-state index in [1.807, 2.05) is 6.07 Å². The van der Waals surface area contributed by atoms with Crippen molar-refractivity contribution < 1.29 is 9.18 Å². The van der Waals surface area contributed by atoms with E-state index in [2.05, 4.69) is 0 Å². The molecule has 2 aromatic carbocycles. The quantitative estimate of drug-likeness (QED) is 0.594. The summed E-state index contributed by atoms with van der Waals surface area (Å²) in [6.45, 7) is 0. The van der Waals surface area contributed by atoms with Gasteiger partial charge in [-0.1, -0.05) is 36.4 Å². The highest BCUT2D eigenvalue weighted by molar-refractivity contribution is 6.30. The average molecular weight is 249 g/mol. The van der Waals surface area contributed by atoms with E-state index < -0.39 is 0 Å². The molecule has 0 radical (unpaired) electrons. The summed E-state index contributed by atoms with van der Waals surface area (Å²) in [5.41, 5.74) is 2.23. The van der Waals surface area contributed by atoms with Gasteiger partial charge in [0.15, 0.2) is 5.78 Å². The standard InChI is InChI=1S/C14H10ClFO/c15-9-14(17)11-6-4-10(5-7-11)12-2-1-3-13(16)8-12/h1-8H,9H2. The smallest absolute Gasteiger partial charge is 0.177 e. The van der Waals surface area contributed by atoms with Crippen LogP contribution >= 0.6 is 11.6 Å². The SMILES string of the molecule is O=C(CCl)c1ccc(-c2cccc(F)c2)cc1. The first-order chi connectivity index (χ1) is 8.20. The van der Waals surface area contributed by atoms with E-state index in [0.717, 1.165) is 11.1 Å². The third kappa shape index (κ3) is 2.71. The summed E-state index contributed by atoms with van der Waals surface area (Å²) in [5, 5.41) is 0. The molecule has 17 heavy (non-hydrogen) atoms. The van der Waals surface area contributed by atoms with E-state index in [4.69, 9.17) is 11.6 Å². The summed E-state index contributed by atoms with van der Waals surface area (Å²) in [7, 11) is 0. The molecule has 0 unspecified atom stereocenters. The molecule has 0 N–H and O–H groups in total. The van der Waals surface area contributed by atoms with E-state index in [-0.39, 0.29) is 17.5 Å². The van der Waals surface area contributed by atoms with Crippen LogP contribution in [0.1, 0.15) is 10.4 Å². The largest absolute Gasteiger partial charge is 0.293 e. The van der Waals surface area contributed by atoms with Crippen molar-refractivity contribution in [1.82, 2.24) is 0 Å². The number of benzene rings is 2. The van der Waals surface area contributed by atoms with Crippen LogP contribution in [0.25, 0.3) is 11.1 Å². The molecule has 0 amide bonds. The van der Waals surface area contributed by atoms with Crippen LogP contribution in [0, 0.1) is 5.82 Å². The molecule has 2 aromatic rings. The fourth-order valence-electron chi connectivity index (χ4n) is 1.59. The molecule has 0 aliphatic heterocycles. The molecule has 0 fully saturated rings. The fourth-order valence-corrected chi connectivity index (χ4v) is 1.75. The molecule has 3 heteroatoms. The zero-order valence-corrected chi connectivity index (χ0v) is 9.75. The number of Topliss-reactive ketones (excluding diaryl/α,β-unsaturated/α-hetero) is 1. The maximum absolute atomic E-state index is 13.0. The van der Waals surface area contributed by atoms with Gasteiger partial charge in [-0.05, 0) is 23.3 Å². The Bertz CT molecular complexity index is 534. The van der Waals surface area contributed by atoms with Crippen LogP contribution in [0.2, 0.25) is 0 Å². The van der Waals surface area contributed by atoms with Crippen molar-refractivity contribution >= 4 is 17.4 Å². The number of hydrogen-bond donors (Lipinski definition) is 0. The van der Waals surface area contributed by atoms with Crippen molar-refractivity contribution in [1.29, 1.82) is 0 Å². The third-order valence-electron chi connectivity index (χ3n) is 2.49. The topological polar surface area (TPSA) is 17.1 Å². The summed E-state index contributed by atoms with van der Waals surface area (Å²) in [6, 6.07) is 13.3. The van der Waals surface area contributed by atoms with Crippen molar-refractivity contribution in [2.45, 2.75) is 0 Å². The molecular weight excluding hydrogens is 239 g/mol. The van der Waals surface area contributed by atoms with Crippen LogP contribution < -0.4 is 0 Å². The van der Waals surface area contributed by atoms with Gasteiger partial charge in [0.2, 0.25) is 0 Å². The molecule has 0 aliphatic rings. The molecule has 0 atom stereocenters. The Morgan fingerprint density at radius 3 is 2.35 bits per heavy atom. The molecule has 0 aromatic heterocycles. The number of halogens is 2. The number of ketones is 1. The lowest BCUT2D eigenvalue weighted by molar-refractivity contribution is 0.102. The molecule has 0 heterocycles. The second kappa shape index (κ2) is 5.11. The Morgan fingerprint density at radius 2 is 1.76 bits per heavy atom. The first-order valence-electron chi connectivity index (χ1n) is 5.16. The predicted molar refractivity (Wildman–Crippen MR) is 66.9 cm³/mol. The third-order valence-corrected chi connectivity index (χ3v) is 2.73. The molecule has 0 saturated heterocycles. The Kier molecular flexibility index (Phi) is 3.55. The minimum absolute atomic E-state index is 0.0285. The molecule has 2 rings (SSSR count). The lowest BCUT2D eigenvalue weighted by atomic mass is 10.0. The normalized spacial score (nSPS) is 10.2. The van der Waals surface area contributed by atoms with Gasteiger partial charge < -0.3 is 0 Å². The average Bonchev–Trinajstić information content (AvgIpc) is 2.38. The Balaban J connectivity index is 2.32. The highest BCUT2D eigenvalue weighted by Crippen LogP contribution is 2.20. The number of carbonyl (C=O) groups is 1. The maximum atomic E-state index is 13.0. The van der Waals surface area contributed by atoms with Gasteiger partial charge in [0.25, 0.3) is 0 Å². The summed E-state index contributed by atoms with van der Waals surface area (Å²) in [4.78, 5) is 11.3. The molecule has 0 aliphatic carbocycles. The van der Waals surface area contributed by atoms with Crippen LogP contribution in [-0.2, 0) is 0 Å². The summed E-state index contributed by atoms with van der Waals surface area (Å²) < 4.78 is 13.0. The van der Waals surface area contributed by atoms with Crippen molar-refractivity contribution in [3.05, 3.63) is 59.9 Å². The van der Waals surface area contributed by atoms with Gasteiger partial charge in [-0.15, -0.1) is 11.6 Å². The van der Waals surface area contributed by atoms with E-state index >= 15 is 0 Å². The number of hydrogen-bond acceptors (Lipinski definition) is 1. The predicted octanol–water partition coefficient (Wildman–Crippen LogP) is 3.91. The highest BCUT2D eigenvalue weighted by Gasteiger charge is 2.04. The van der Waals surface area contributed by atoms with Gasteiger partial charge in [0, 0.05) is 5.56 Å². The van der Waals surface area contributed by atoms with Crippen LogP contribution in [0.4, 0.5) is 4.39 Å². The maximum Gasteiger partial charge on any atom is 0.177 e. The number of rotatable bonds is 3. The summed E-state index contributed by atoms with van der Waals surface area (Å²) in [6.07, 6.45) is 0. The second-order valence-electron chi connectivity index (χ2n) is 3.64. The van der Waals surface area contributed by atoms with E-state index in [0.29, 0.717) is 5.56 Å². The van der Waals surface area contributed by atoms with Gasteiger partial charge in [0.05, 0.1) is 5.88 Å². The van der Waals surface area contributed by atoms with Crippen LogP contribution in [0.15, 0.2) is 48.5 Å². The lowest BCUT2D eigenvalue weighted by Gasteiger charge is -2.03. The van der Waals surface area contributed by atoms with Gasteiger partial charge in [0.1, 0.15) is 5.82 Å². The van der Waals surface area contributed by atoms with Gasteiger partial charge in [-0.3, -0.25) is 4.79 Å². The van der Waals surface area contributed by atoms with Gasteiger partial charge >= 0.3 is 0 Å². The van der Waals surface area contributed by atoms with Crippen molar-refractivity contribution in [2.75, 3.05) is 5.88 Å². The van der Waals surface area contributed by atoms with Crippen molar-refractivity contribution in [2.24, 2.45) is 0 Å². The summed E-state index contributed by atoms with van der Waals surface area (Å²) >= 11 is 5.46. The number of alkyl halides is 1. The molecule has 86 valence electrons. The Labute approximate surface area is 104 Å². The molecule has 1 nitrogen and oxygen atoms in total. The van der Waals surface area contributed by atoms with Crippen molar-refractivity contribution in [3.63, 3.8) is 0 Å². The Morgan fingerprint density at radius 1 is 1.06 bits per heavy atom. The fraction of sp³-hybridized carbons (Fsp3) is 0.0714. The summed E-state index contributed by atoms with van der Waals surface area (Å²) in [5.74, 6) is -0.417.